The summed E-state index contributed by atoms with van der Waals surface area (Å²) in [5, 5.41) is 3.73. The van der Waals surface area contributed by atoms with E-state index in [1.54, 1.807) is 19.2 Å². The van der Waals surface area contributed by atoms with Gasteiger partial charge in [0.05, 0.1) is 12.7 Å². The van der Waals surface area contributed by atoms with Crippen molar-refractivity contribution in [2.75, 3.05) is 19.5 Å². The van der Waals surface area contributed by atoms with Crippen molar-refractivity contribution in [1.82, 2.24) is 0 Å². The number of benzene rings is 1. The Kier molecular flexibility index (Phi) is 5.63. The maximum Gasteiger partial charge on any atom is 0.328 e. The highest BCUT2D eigenvalue weighted by Crippen LogP contribution is 2.21. The van der Waals surface area contributed by atoms with Crippen molar-refractivity contribution in [3.8, 4) is 0 Å². The van der Waals surface area contributed by atoms with Crippen LogP contribution in [0.25, 0.3) is 0 Å². The second-order valence-electron chi connectivity index (χ2n) is 4.90. The first-order chi connectivity index (χ1) is 8.88. The Morgan fingerprint density at radius 3 is 2.63 bits per heavy atom. The van der Waals surface area contributed by atoms with Gasteiger partial charge in [0.15, 0.2) is 0 Å². The molecule has 0 radical (unpaired) electrons. The third-order valence-corrected chi connectivity index (χ3v) is 3.13. The highest BCUT2D eigenvalue weighted by atomic mass is 35.5. The van der Waals surface area contributed by atoms with Crippen LogP contribution in [0.5, 0.6) is 0 Å². The smallest absolute Gasteiger partial charge is 0.328 e. The summed E-state index contributed by atoms with van der Waals surface area (Å²) in [5.74, 6) is -0.329. The Morgan fingerprint density at radius 2 is 2.11 bits per heavy atom. The summed E-state index contributed by atoms with van der Waals surface area (Å²) >= 11 is 5.92. The number of ether oxygens (including phenoxy) is 2. The van der Waals surface area contributed by atoms with Gasteiger partial charge in [-0.3, -0.25) is 0 Å². The molecule has 0 spiro atoms. The molecular weight excluding hydrogens is 266 g/mol. The van der Waals surface area contributed by atoms with E-state index >= 15 is 0 Å². The van der Waals surface area contributed by atoms with E-state index in [9.17, 15) is 4.79 Å². The van der Waals surface area contributed by atoms with E-state index in [0.717, 1.165) is 5.69 Å². The van der Waals surface area contributed by atoms with Crippen LogP contribution in [0.2, 0.25) is 5.02 Å². The number of carbonyl (C=O) groups excluding carboxylic acids is 1. The molecule has 0 saturated carbocycles. The van der Waals surface area contributed by atoms with Gasteiger partial charge >= 0.3 is 5.97 Å². The summed E-state index contributed by atoms with van der Waals surface area (Å²) in [6, 6.07) is 6.72. The van der Waals surface area contributed by atoms with Crippen molar-refractivity contribution >= 4 is 23.3 Å². The van der Waals surface area contributed by atoms with Gasteiger partial charge in [0, 0.05) is 24.2 Å². The number of rotatable bonds is 6. The molecule has 19 heavy (non-hydrogen) atoms. The van der Waals surface area contributed by atoms with Gasteiger partial charge in [-0.25, -0.2) is 4.79 Å². The van der Waals surface area contributed by atoms with Crippen molar-refractivity contribution in [2.45, 2.75) is 31.9 Å². The number of hydrogen-bond acceptors (Lipinski definition) is 4. The fourth-order valence-corrected chi connectivity index (χ4v) is 1.88. The summed E-state index contributed by atoms with van der Waals surface area (Å²) in [6.45, 7) is 3.84. The summed E-state index contributed by atoms with van der Waals surface area (Å²) in [4.78, 5) is 11.8. The molecule has 0 aliphatic heterocycles. The van der Waals surface area contributed by atoms with Crippen LogP contribution in [0.4, 0.5) is 5.69 Å². The first kappa shape index (κ1) is 15.8. The van der Waals surface area contributed by atoms with Crippen LogP contribution in [0.15, 0.2) is 24.3 Å². The number of esters is 1. The van der Waals surface area contributed by atoms with E-state index < -0.39 is 11.6 Å². The number of nitrogens with one attached hydrogen (secondary N) is 1. The third-order valence-electron chi connectivity index (χ3n) is 2.90. The van der Waals surface area contributed by atoms with Crippen molar-refractivity contribution in [2.24, 2.45) is 0 Å². The predicted molar refractivity (Wildman–Crippen MR) is 76.6 cm³/mol. The van der Waals surface area contributed by atoms with Crippen LogP contribution in [0, 0.1) is 0 Å². The maximum atomic E-state index is 11.8. The molecule has 0 amide bonds. The zero-order chi connectivity index (χ0) is 14.5. The standard InChI is InChI=1S/C14H20ClNO3/c1-14(2,19-4)9-12(13(17)18-3)16-11-7-5-6-10(15)8-11/h5-8,12,16H,9H2,1-4H3. The zero-order valence-corrected chi connectivity index (χ0v) is 12.5. The second kappa shape index (κ2) is 6.78. The predicted octanol–water partition coefficient (Wildman–Crippen LogP) is 3.11. The lowest BCUT2D eigenvalue weighted by Crippen LogP contribution is -2.39. The molecule has 1 rings (SSSR count). The minimum absolute atomic E-state index is 0.329. The van der Waals surface area contributed by atoms with E-state index in [1.165, 1.54) is 7.11 Å². The molecule has 0 bridgehead atoms. The van der Waals surface area contributed by atoms with Gasteiger partial charge in [-0.15, -0.1) is 0 Å². The lowest BCUT2D eigenvalue weighted by atomic mass is 9.98. The van der Waals surface area contributed by atoms with E-state index in [-0.39, 0.29) is 5.97 Å². The third kappa shape index (κ3) is 5.09. The van der Waals surface area contributed by atoms with Crippen molar-refractivity contribution in [3.05, 3.63) is 29.3 Å². The Hall–Kier alpha value is -1.26. The SMILES string of the molecule is COC(=O)C(CC(C)(C)OC)Nc1cccc(Cl)c1. The van der Waals surface area contributed by atoms with Gasteiger partial charge in [0.25, 0.3) is 0 Å². The molecule has 1 atom stereocenters. The quantitative estimate of drug-likeness (QED) is 0.816. The van der Waals surface area contributed by atoms with Crippen LogP contribution >= 0.6 is 11.6 Å². The molecule has 0 aromatic heterocycles. The second-order valence-corrected chi connectivity index (χ2v) is 5.33. The minimum Gasteiger partial charge on any atom is -0.467 e. The topological polar surface area (TPSA) is 47.6 Å². The van der Waals surface area contributed by atoms with Crippen LogP contribution in [0.1, 0.15) is 20.3 Å². The van der Waals surface area contributed by atoms with Gasteiger partial charge < -0.3 is 14.8 Å². The van der Waals surface area contributed by atoms with Gasteiger partial charge in [0.2, 0.25) is 0 Å². The number of methoxy groups -OCH3 is 2. The first-order valence-electron chi connectivity index (χ1n) is 6.03. The van der Waals surface area contributed by atoms with E-state index in [4.69, 9.17) is 21.1 Å². The monoisotopic (exact) mass is 285 g/mol. The summed E-state index contributed by atoms with van der Waals surface area (Å²) in [7, 11) is 2.99. The first-order valence-corrected chi connectivity index (χ1v) is 6.41. The number of hydrogen-bond donors (Lipinski definition) is 1. The largest absolute Gasteiger partial charge is 0.467 e. The van der Waals surface area contributed by atoms with Crippen LogP contribution < -0.4 is 5.32 Å². The molecule has 5 heteroatoms. The van der Waals surface area contributed by atoms with Gasteiger partial charge in [-0.2, -0.15) is 0 Å². The molecule has 106 valence electrons. The molecule has 0 aliphatic carbocycles. The van der Waals surface area contributed by atoms with Crippen LogP contribution in [0.3, 0.4) is 0 Å². The van der Waals surface area contributed by atoms with Gasteiger partial charge in [-0.05, 0) is 32.0 Å². The molecule has 0 heterocycles. The Labute approximate surface area is 119 Å². The summed E-state index contributed by atoms with van der Waals surface area (Å²) in [5.41, 5.74) is 0.347. The highest BCUT2D eigenvalue weighted by Gasteiger charge is 2.28. The van der Waals surface area contributed by atoms with Crippen molar-refractivity contribution in [1.29, 1.82) is 0 Å². The molecule has 0 fully saturated rings. The van der Waals surface area contributed by atoms with Crippen molar-refractivity contribution < 1.29 is 14.3 Å². The van der Waals surface area contributed by atoms with E-state index in [2.05, 4.69) is 5.32 Å². The summed E-state index contributed by atoms with van der Waals surface area (Å²) in [6.07, 6.45) is 0.489. The van der Waals surface area contributed by atoms with Crippen molar-refractivity contribution in [3.63, 3.8) is 0 Å². The van der Waals surface area contributed by atoms with Gasteiger partial charge in [-0.1, -0.05) is 17.7 Å². The lowest BCUT2D eigenvalue weighted by Gasteiger charge is -2.28. The number of halogens is 1. The molecule has 0 aliphatic rings. The number of carbonyl (C=O) groups is 1. The van der Waals surface area contributed by atoms with E-state index in [1.807, 2.05) is 26.0 Å². The van der Waals surface area contributed by atoms with E-state index in [0.29, 0.717) is 11.4 Å². The molecule has 1 aromatic rings. The van der Waals surface area contributed by atoms with Crippen LogP contribution in [-0.2, 0) is 14.3 Å². The molecular formula is C14H20ClNO3. The zero-order valence-electron chi connectivity index (χ0n) is 11.7. The Balaban J connectivity index is 2.83. The van der Waals surface area contributed by atoms with Crippen LogP contribution in [-0.4, -0.2) is 31.8 Å². The molecule has 1 unspecified atom stereocenters. The lowest BCUT2D eigenvalue weighted by molar-refractivity contribution is -0.143. The average Bonchev–Trinajstić information content (AvgIpc) is 2.37. The fraction of sp³-hybridized carbons (Fsp3) is 0.500. The maximum absolute atomic E-state index is 11.8. The fourth-order valence-electron chi connectivity index (χ4n) is 1.69. The Morgan fingerprint density at radius 1 is 1.42 bits per heavy atom. The van der Waals surface area contributed by atoms with Gasteiger partial charge in [0.1, 0.15) is 6.04 Å². The molecule has 1 N–H and O–H groups in total. The Bertz CT molecular complexity index is 434. The molecule has 0 saturated heterocycles. The number of anilines is 1. The average molecular weight is 286 g/mol. The molecule has 1 aromatic carbocycles. The highest BCUT2D eigenvalue weighted by molar-refractivity contribution is 6.30. The minimum atomic E-state index is -0.488. The molecule has 4 nitrogen and oxygen atoms in total. The normalized spacial score (nSPS) is 12.9. The summed E-state index contributed by atoms with van der Waals surface area (Å²) < 4.78 is 10.2.